The monoisotopic (exact) mass is 353 g/mol. The van der Waals surface area contributed by atoms with E-state index >= 15 is 0 Å². The molecule has 2 aromatic carbocycles. The summed E-state index contributed by atoms with van der Waals surface area (Å²) in [6, 6.07) is 9.49. The maximum atomic E-state index is 13.7. The molecule has 0 aromatic heterocycles. The molecule has 0 spiro atoms. The Morgan fingerprint density at radius 3 is 2.71 bits per heavy atom. The molecule has 2 unspecified atom stereocenters. The van der Waals surface area contributed by atoms with Crippen LogP contribution in [-0.4, -0.2) is 7.05 Å². The Kier molecular flexibility index (Phi) is 3.95. The van der Waals surface area contributed by atoms with Crippen molar-refractivity contribution < 1.29 is 13.5 Å². The summed E-state index contributed by atoms with van der Waals surface area (Å²) in [6.45, 7) is 0. The lowest BCUT2D eigenvalue weighted by atomic mass is 9.93. The molecule has 0 amide bonds. The summed E-state index contributed by atoms with van der Waals surface area (Å²) < 4.78 is 33.4. The van der Waals surface area contributed by atoms with E-state index in [0.29, 0.717) is 16.6 Å². The topological polar surface area (TPSA) is 21.3 Å². The highest BCUT2D eigenvalue weighted by Gasteiger charge is 2.29. The van der Waals surface area contributed by atoms with Crippen LogP contribution >= 0.6 is 15.9 Å². The number of nitrogens with one attached hydrogen (secondary N) is 1. The molecule has 1 aliphatic heterocycles. The molecule has 0 saturated heterocycles. The number of fused-ring (bicyclic) bond motifs is 1. The maximum Gasteiger partial charge on any atom is 0.137 e. The van der Waals surface area contributed by atoms with Crippen LogP contribution in [-0.2, 0) is 0 Å². The van der Waals surface area contributed by atoms with Crippen LogP contribution in [0, 0.1) is 11.6 Å². The predicted molar refractivity (Wildman–Crippen MR) is 80.3 cm³/mol. The zero-order valence-electron chi connectivity index (χ0n) is 11.4. The van der Waals surface area contributed by atoms with Crippen molar-refractivity contribution in [1.29, 1.82) is 0 Å². The van der Waals surface area contributed by atoms with Gasteiger partial charge in [0.2, 0.25) is 0 Å². The highest BCUT2D eigenvalue weighted by Crippen LogP contribution is 2.41. The minimum absolute atomic E-state index is 0.0473. The number of ether oxygens (including phenoxy) is 1. The van der Waals surface area contributed by atoms with Crippen LogP contribution < -0.4 is 10.1 Å². The first-order chi connectivity index (χ1) is 10.1. The van der Waals surface area contributed by atoms with E-state index in [1.54, 1.807) is 12.1 Å². The van der Waals surface area contributed by atoms with Crippen molar-refractivity contribution >= 4 is 15.9 Å². The Morgan fingerprint density at radius 2 is 2.00 bits per heavy atom. The molecule has 2 nitrogen and oxygen atoms in total. The first kappa shape index (κ1) is 14.5. The molecule has 2 atom stereocenters. The second-order valence-electron chi connectivity index (χ2n) is 5.04. The van der Waals surface area contributed by atoms with Gasteiger partial charge in [-0.25, -0.2) is 8.78 Å². The maximum absolute atomic E-state index is 13.7. The molecule has 0 aliphatic carbocycles. The third-order valence-electron chi connectivity index (χ3n) is 3.73. The number of halogens is 3. The molecule has 1 aliphatic rings. The fourth-order valence-corrected chi connectivity index (χ4v) is 2.88. The van der Waals surface area contributed by atoms with Crippen LogP contribution in [0.5, 0.6) is 5.75 Å². The van der Waals surface area contributed by atoms with Crippen LogP contribution in [0.1, 0.15) is 29.7 Å². The molecule has 1 N–H and O–H groups in total. The minimum atomic E-state index is -0.341. The van der Waals surface area contributed by atoms with Gasteiger partial charge in [-0.2, -0.15) is 0 Å². The Bertz CT molecular complexity index is 677. The van der Waals surface area contributed by atoms with Crippen molar-refractivity contribution in [2.45, 2.75) is 18.6 Å². The van der Waals surface area contributed by atoms with Gasteiger partial charge in [-0.05, 0) is 46.7 Å². The largest absolute Gasteiger partial charge is 0.485 e. The van der Waals surface area contributed by atoms with E-state index < -0.39 is 0 Å². The first-order valence-electron chi connectivity index (χ1n) is 6.67. The molecule has 0 radical (unpaired) electrons. The number of hydrogen-bond donors (Lipinski definition) is 1. The zero-order valence-corrected chi connectivity index (χ0v) is 13.0. The minimum Gasteiger partial charge on any atom is -0.485 e. The summed E-state index contributed by atoms with van der Waals surface area (Å²) >= 11 is 3.14. The smallest absolute Gasteiger partial charge is 0.137 e. The van der Waals surface area contributed by atoms with Crippen LogP contribution in [0.3, 0.4) is 0 Å². The van der Waals surface area contributed by atoms with Crippen molar-refractivity contribution in [3.8, 4) is 5.75 Å². The van der Waals surface area contributed by atoms with Gasteiger partial charge in [0.15, 0.2) is 0 Å². The van der Waals surface area contributed by atoms with Gasteiger partial charge in [-0.1, -0.05) is 12.1 Å². The summed E-state index contributed by atoms with van der Waals surface area (Å²) in [5, 5.41) is 3.20. The molecule has 1 heterocycles. The number of hydrogen-bond acceptors (Lipinski definition) is 2. The third-order valence-corrected chi connectivity index (χ3v) is 4.38. The molecule has 5 heteroatoms. The van der Waals surface area contributed by atoms with E-state index in [-0.39, 0.29) is 23.8 Å². The lowest BCUT2D eigenvalue weighted by molar-refractivity contribution is 0.153. The van der Waals surface area contributed by atoms with Crippen molar-refractivity contribution in [1.82, 2.24) is 5.32 Å². The third kappa shape index (κ3) is 2.80. The van der Waals surface area contributed by atoms with Gasteiger partial charge in [0.1, 0.15) is 23.5 Å². The van der Waals surface area contributed by atoms with E-state index in [4.69, 9.17) is 4.74 Å². The van der Waals surface area contributed by atoms with Crippen molar-refractivity contribution in [2.75, 3.05) is 7.05 Å². The quantitative estimate of drug-likeness (QED) is 0.857. The second kappa shape index (κ2) is 5.73. The van der Waals surface area contributed by atoms with Gasteiger partial charge in [-0.3, -0.25) is 0 Å². The van der Waals surface area contributed by atoms with Gasteiger partial charge in [0, 0.05) is 24.1 Å². The Morgan fingerprint density at radius 1 is 1.19 bits per heavy atom. The summed E-state index contributed by atoms with van der Waals surface area (Å²) in [7, 11) is 1.85. The number of rotatable bonds is 2. The van der Waals surface area contributed by atoms with E-state index in [0.717, 1.165) is 11.1 Å². The van der Waals surface area contributed by atoms with Crippen LogP contribution in [0.25, 0.3) is 0 Å². The van der Waals surface area contributed by atoms with E-state index in [1.165, 1.54) is 18.2 Å². The molecule has 0 saturated carbocycles. The normalized spacial score (nSPS) is 20.8. The second-order valence-corrected chi connectivity index (χ2v) is 5.89. The average Bonchev–Trinajstić information content (AvgIpc) is 2.48. The fraction of sp³-hybridized carbons (Fsp3) is 0.250. The van der Waals surface area contributed by atoms with E-state index in [9.17, 15) is 8.78 Å². The Balaban J connectivity index is 1.97. The highest BCUT2D eigenvalue weighted by molar-refractivity contribution is 9.10. The van der Waals surface area contributed by atoms with E-state index in [2.05, 4.69) is 21.2 Å². The molecular weight excluding hydrogens is 340 g/mol. The standard InChI is InChI=1S/C16H14BrF2NO/c1-20-14-8-15(9-2-5-12(17)13(19)6-9)21-16-7-10(18)3-4-11(14)16/h2-7,14-15,20H,8H2,1H3. The van der Waals surface area contributed by atoms with Crippen molar-refractivity contribution in [2.24, 2.45) is 0 Å². The van der Waals surface area contributed by atoms with E-state index in [1.807, 2.05) is 13.1 Å². The summed E-state index contributed by atoms with van der Waals surface area (Å²) in [6.07, 6.45) is 0.357. The molecular formula is C16H14BrF2NO. The predicted octanol–water partition coefficient (Wildman–Crippen LogP) is 4.51. The van der Waals surface area contributed by atoms with Crippen molar-refractivity contribution in [3.05, 3.63) is 63.6 Å². The van der Waals surface area contributed by atoms with Gasteiger partial charge in [0.25, 0.3) is 0 Å². The van der Waals surface area contributed by atoms with Gasteiger partial charge < -0.3 is 10.1 Å². The number of benzene rings is 2. The first-order valence-corrected chi connectivity index (χ1v) is 7.46. The molecule has 110 valence electrons. The molecule has 2 aromatic rings. The summed E-state index contributed by atoms with van der Waals surface area (Å²) in [5.41, 5.74) is 1.67. The van der Waals surface area contributed by atoms with Crippen LogP contribution in [0.2, 0.25) is 0 Å². The van der Waals surface area contributed by atoms with Crippen molar-refractivity contribution in [3.63, 3.8) is 0 Å². The average molecular weight is 354 g/mol. The Hall–Kier alpha value is -1.46. The van der Waals surface area contributed by atoms with Crippen LogP contribution in [0.4, 0.5) is 8.78 Å². The van der Waals surface area contributed by atoms with Gasteiger partial charge >= 0.3 is 0 Å². The lowest BCUT2D eigenvalue weighted by Gasteiger charge is -2.32. The fourth-order valence-electron chi connectivity index (χ4n) is 2.63. The van der Waals surface area contributed by atoms with Gasteiger partial charge in [-0.15, -0.1) is 0 Å². The lowest BCUT2D eigenvalue weighted by Crippen LogP contribution is -2.26. The molecule has 0 fully saturated rings. The Labute approximate surface area is 130 Å². The van der Waals surface area contributed by atoms with Gasteiger partial charge in [0.05, 0.1) is 4.47 Å². The molecule has 3 rings (SSSR count). The van der Waals surface area contributed by atoms with Crippen LogP contribution in [0.15, 0.2) is 40.9 Å². The SMILES string of the molecule is CNC1CC(c2ccc(Br)c(F)c2)Oc2cc(F)ccc21. The highest BCUT2D eigenvalue weighted by atomic mass is 79.9. The molecule has 0 bridgehead atoms. The summed E-state index contributed by atoms with van der Waals surface area (Å²) in [4.78, 5) is 0. The molecule has 21 heavy (non-hydrogen) atoms. The zero-order chi connectivity index (χ0) is 15.0. The summed E-state index contributed by atoms with van der Waals surface area (Å²) in [5.74, 6) is -0.165.